The molecule has 7 heteroatoms. The molecule has 0 aliphatic carbocycles. The lowest BCUT2D eigenvalue weighted by Gasteiger charge is -2.15. The molecule has 0 atom stereocenters. The maximum absolute atomic E-state index is 12.7. The van der Waals surface area contributed by atoms with Gasteiger partial charge in [-0.05, 0) is 84.6 Å². The molecular weight excluding hydrogens is 450 g/mol. The quantitative estimate of drug-likeness (QED) is 0.422. The van der Waals surface area contributed by atoms with Crippen molar-refractivity contribution in [2.75, 3.05) is 36.8 Å². The first-order chi connectivity index (χ1) is 17.7. The Bertz CT molecular complexity index is 1190. The lowest BCUT2D eigenvalue weighted by atomic mass is 10.00. The van der Waals surface area contributed by atoms with Crippen LogP contribution in [0.4, 0.5) is 11.4 Å². The van der Waals surface area contributed by atoms with Crippen molar-refractivity contribution in [2.24, 2.45) is 0 Å². The van der Waals surface area contributed by atoms with Gasteiger partial charge in [-0.15, -0.1) is 0 Å². The Morgan fingerprint density at radius 1 is 0.667 bits per heavy atom. The van der Waals surface area contributed by atoms with Gasteiger partial charge in [-0.3, -0.25) is 14.6 Å². The summed E-state index contributed by atoms with van der Waals surface area (Å²) in [5, 5.41) is 12.4. The summed E-state index contributed by atoms with van der Waals surface area (Å²) >= 11 is 0. The topological polar surface area (TPSA) is 95.2 Å². The van der Waals surface area contributed by atoms with E-state index in [0.29, 0.717) is 16.9 Å². The highest BCUT2D eigenvalue weighted by molar-refractivity contribution is 6.06. The smallest absolute Gasteiger partial charge is 0.274 e. The largest absolute Gasteiger partial charge is 0.322 e. The number of carbonyl (C=O) groups is 2. The molecular formula is C29H29N5O2. The maximum atomic E-state index is 12.7. The zero-order chi connectivity index (χ0) is 24.7. The number of hydrogen-bond donors (Lipinski definition) is 4. The van der Waals surface area contributed by atoms with Crippen molar-refractivity contribution < 1.29 is 9.59 Å². The van der Waals surface area contributed by atoms with E-state index in [9.17, 15) is 9.59 Å². The normalized spacial score (nSPS) is 15.4. The Labute approximate surface area is 210 Å². The Kier molecular flexibility index (Phi) is 7.30. The second-order valence-electron chi connectivity index (χ2n) is 8.86. The van der Waals surface area contributed by atoms with Crippen molar-refractivity contribution in [3.8, 4) is 0 Å². The Morgan fingerprint density at radius 2 is 1.19 bits per heavy atom. The summed E-state index contributed by atoms with van der Waals surface area (Å²) in [7, 11) is 0. The van der Waals surface area contributed by atoms with Gasteiger partial charge < -0.3 is 21.3 Å². The number of pyridine rings is 1. The van der Waals surface area contributed by atoms with Crippen LogP contribution in [0, 0.1) is 0 Å². The van der Waals surface area contributed by atoms with Crippen LogP contribution in [0.1, 0.15) is 44.8 Å². The zero-order valence-electron chi connectivity index (χ0n) is 20.0. The van der Waals surface area contributed by atoms with Crippen molar-refractivity contribution in [3.63, 3.8) is 0 Å². The third-order valence-electron chi connectivity index (χ3n) is 6.41. The summed E-state index contributed by atoms with van der Waals surface area (Å²) in [6.07, 6.45) is 7.81. The molecule has 0 spiro atoms. The van der Waals surface area contributed by atoms with E-state index in [1.165, 1.54) is 28.5 Å². The zero-order valence-corrected chi connectivity index (χ0v) is 20.0. The van der Waals surface area contributed by atoms with Gasteiger partial charge in [-0.25, -0.2) is 0 Å². The fourth-order valence-electron chi connectivity index (χ4n) is 4.37. The van der Waals surface area contributed by atoms with Gasteiger partial charge in [0, 0.05) is 30.7 Å². The van der Waals surface area contributed by atoms with Crippen LogP contribution in [-0.4, -0.2) is 43.0 Å². The lowest BCUT2D eigenvalue weighted by Crippen LogP contribution is -2.20. The highest BCUT2D eigenvalue weighted by Crippen LogP contribution is 2.23. The molecule has 5 rings (SSSR count). The highest BCUT2D eigenvalue weighted by Gasteiger charge is 2.12. The van der Waals surface area contributed by atoms with Crippen LogP contribution < -0.4 is 21.3 Å². The summed E-state index contributed by atoms with van der Waals surface area (Å²) in [5.74, 6) is -0.593. The van der Waals surface area contributed by atoms with E-state index >= 15 is 0 Å². The molecule has 0 bridgehead atoms. The van der Waals surface area contributed by atoms with Crippen LogP contribution >= 0.6 is 0 Å². The molecule has 0 radical (unpaired) electrons. The van der Waals surface area contributed by atoms with Crippen LogP contribution in [0.25, 0.3) is 11.1 Å². The molecule has 2 aliphatic rings. The lowest BCUT2D eigenvalue weighted by molar-refractivity contribution is 0.101. The van der Waals surface area contributed by atoms with E-state index in [1.807, 2.05) is 48.5 Å². The number of rotatable bonds is 6. The van der Waals surface area contributed by atoms with Gasteiger partial charge in [0.05, 0.1) is 5.56 Å². The molecule has 0 unspecified atom stereocenters. The number of anilines is 2. The first kappa shape index (κ1) is 23.7. The van der Waals surface area contributed by atoms with Gasteiger partial charge in [0.1, 0.15) is 5.69 Å². The molecule has 3 heterocycles. The summed E-state index contributed by atoms with van der Waals surface area (Å²) < 4.78 is 0. The minimum Gasteiger partial charge on any atom is -0.322 e. The number of amides is 2. The minimum atomic E-state index is -0.321. The Hall–Kier alpha value is -4.07. The summed E-state index contributed by atoms with van der Waals surface area (Å²) in [6.45, 7) is 3.73. The molecule has 0 saturated heterocycles. The van der Waals surface area contributed by atoms with Crippen molar-refractivity contribution in [3.05, 3.63) is 101 Å². The van der Waals surface area contributed by atoms with Gasteiger partial charge in [-0.1, -0.05) is 36.4 Å². The summed E-state index contributed by atoms with van der Waals surface area (Å²) in [5.41, 5.74) is 7.02. The molecule has 2 aromatic carbocycles. The van der Waals surface area contributed by atoms with Gasteiger partial charge in [0.2, 0.25) is 0 Å². The second kappa shape index (κ2) is 11.1. The third-order valence-corrected chi connectivity index (χ3v) is 6.41. The summed E-state index contributed by atoms with van der Waals surface area (Å²) in [4.78, 5) is 29.5. The van der Waals surface area contributed by atoms with Crippen LogP contribution in [0.3, 0.4) is 0 Å². The predicted octanol–water partition coefficient (Wildman–Crippen LogP) is 4.34. The van der Waals surface area contributed by atoms with E-state index in [-0.39, 0.29) is 17.5 Å². The van der Waals surface area contributed by atoms with Crippen molar-refractivity contribution in [2.45, 2.75) is 12.8 Å². The molecule has 0 saturated carbocycles. The number of hydrogen-bond acceptors (Lipinski definition) is 5. The van der Waals surface area contributed by atoms with Crippen molar-refractivity contribution in [1.82, 2.24) is 15.6 Å². The number of carbonyl (C=O) groups excluding carboxylic acids is 2. The van der Waals surface area contributed by atoms with E-state index in [1.54, 1.807) is 12.1 Å². The monoisotopic (exact) mass is 479 g/mol. The van der Waals surface area contributed by atoms with Crippen molar-refractivity contribution in [1.29, 1.82) is 0 Å². The average molecular weight is 480 g/mol. The van der Waals surface area contributed by atoms with E-state index < -0.39 is 0 Å². The molecule has 7 nitrogen and oxygen atoms in total. The molecule has 4 N–H and O–H groups in total. The van der Waals surface area contributed by atoms with Crippen LogP contribution in [0.15, 0.2) is 79.0 Å². The van der Waals surface area contributed by atoms with Crippen LogP contribution in [0.5, 0.6) is 0 Å². The first-order valence-electron chi connectivity index (χ1n) is 12.2. The highest BCUT2D eigenvalue weighted by atomic mass is 16.2. The number of nitrogens with zero attached hydrogens (tertiary/aromatic N) is 1. The SMILES string of the molecule is O=C(Nc1ccc(C2=CCNCC2)cc1)c1ccc(C(=O)Nc2ccc(C3=CCNCC3)cc2)nc1. The molecule has 36 heavy (non-hydrogen) atoms. The van der Waals surface area contributed by atoms with Crippen molar-refractivity contribution >= 4 is 34.3 Å². The van der Waals surface area contributed by atoms with E-state index in [0.717, 1.165) is 39.0 Å². The molecule has 0 fully saturated rings. The Balaban J connectivity index is 1.17. The average Bonchev–Trinajstić information content (AvgIpc) is 2.95. The molecule has 1 aromatic heterocycles. The van der Waals surface area contributed by atoms with Gasteiger partial charge in [0.25, 0.3) is 11.8 Å². The van der Waals surface area contributed by atoms with Crippen LogP contribution in [0.2, 0.25) is 0 Å². The molecule has 182 valence electrons. The standard InChI is InChI=1S/C29H29N5O2/c35-28(33-25-6-1-20(2-7-25)22-11-15-30-16-12-22)24-5-10-27(32-19-24)29(36)34-26-8-3-21(4-9-26)23-13-17-31-18-14-23/h1-11,13,19,30-31H,12,14-18H2,(H,33,35)(H,34,36). The number of aromatic nitrogens is 1. The minimum absolute atomic E-state index is 0.247. The fourth-order valence-corrected chi connectivity index (χ4v) is 4.37. The van der Waals surface area contributed by atoms with E-state index in [4.69, 9.17) is 0 Å². The number of benzene rings is 2. The first-order valence-corrected chi connectivity index (χ1v) is 12.2. The number of nitrogens with one attached hydrogen (secondary N) is 4. The summed E-state index contributed by atoms with van der Waals surface area (Å²) in [6, 6.07) is 18.8. The predicted molar refractivity (Wildman–Crippen MR) is 144 cm³/mol. The van der Waals surface area contributed by atoms with Gasteiger partial charge >= 0.3 is 0 Å². The molecule has 2 amide bonds. The second-order valence-corrected chi connectivity index (χ2v) is 8.86. The molecule has 3 aromatic rings. The van der Waals surface area contributed by atoms with E-state index in [2.05, 4.69) is 38.4 Å². The maximum Gasteiger partial charge on any atom is 0.274 e. The third kappa shape index (κ3) is 5.76. The Morgan fingerprint density at radius 3 is 1.64 bits per heavy atom. The van der Waals surface area contributed by atoms with Gasteiger partial charge in [-0.2, -0.15) is 0 Å². The fraction of sp³-hybridized carbons (Fsp3) is 0.207. The molecule has 2 aliphatic heterocycles. The van der Waals surface area contributed by atoms with Crippen LogP contribution in [-0.2, 0) is 0 Å². The van der Waals surface area contributed by atoms with Gasteiger partial charge in [0.15, 0.2) is 0 Å².